The van der Waals surface area contributed by atoms with Crippen LogP contribution >= 0.6 is 22.9 Å². The third-order valence-electron chi connectivity index (χ3n) is 4.14. The van der Waals surface area contributed by atoms with Gasteiger partial charge in [0.2, 0.25) is 0 Å². The number of carbonyl (C=O) groups excluding carboxylic acids is 2. The summed E-state index contributed by atoms with van der Waals surface area (Å²) in [5.74, 6) is -0.513. The van der Waals surface area contributed by atoms with E-state index in [1.165, 1.54) is 11.3 Å². The summed E-state index contributed by atoms with van der Waals surface area (Å²) in [6.07, 6.45) is 0.759. The number of urea groups is 1. The third kappa shape index (κ3) is 3.95. The molecular formula is C17H19ClN4O2S. The fourth-order valence-electron chi connectivity index (χ4n) is 2.91. The number of fused-ring (bicyclic) bond motifs is 1. The fourth-order valence-corrected chi connectivity index (χ4v) is 4.39. The van der Waals surface area contributed by atoms with Crippen LogP contribution in [0.4, 0.5) is 15.5 Å². The molecule has 4 N–H and O–H groups in total. The van der Waals surface area contributed by atoms with Crippen molar-refractivity contribution >= 4 is 45.6 Å². The Hall–Kier alpha value is -2.09. The number of nitrogens with one attached hydrogen (secondary N) is 2. The Morgan fingerprint density at radius 3 is 2.84 bits per heavy atom. The number of halogens is 1. The number of hydrogen-bond donors (Lipinski definition) is 3. The van der Waals surface area contributed by atoms with Gasteiger partial charge in [0.15, 0.2) is 0 Å². The first-order valence-corrected chi connectivity index (χ1v) is 9.17. The van der Waals surface area contributed by atoms with Crippen LogP contribution in [-0.4, -0.2) is 29.9 Å². The Balaban J connectivity index is 1.81. The van der Waals surface area contributed by atoms with E-state index in [0.29, 0.717) is 21.3 Å². The second kappa shape index (κ2) is 7.43. The van der Waals surface area contributed by atoms with Gasteiger partial charge in [0.05, 0.1) is 5.56 Å². The van der Waals surface area contributed by atoms with E-state index in [0.717, 1.165) is 36.5 Å². The molecule has 6 nitrogen and oxygen atoms in total. The van der Waals surface area contributed by atoms with Crippen LogP contribution in [0.1, 0.15) is 27.7 Å². The fraction of sp³-hybridized carbons (Fsp3) is 0.294. The molecule has 0 saturated heterocycles. The van der Waals surface area contributed by atoms with Gasteiger partial charge in [-0.15, -0.1) is 11.3 Å². The molecule has 1 aliphatic rings. The number of thiophene rings is 1. The number of rotatable bonds is 4. The summed E-state index contributed by atoms with van der Waals surface area (Å²) < 4.78 is 0. The summed E-state index contributed by atoms with van der Waals surface area (Å²) in [4.78, 5) is 27.6. The maximum atomic E-state index is 12.3. The normalized spacial score (nSPS) is 14.0. The van der Waals surface area contributed by atoms with Crippen LogP contribution in [0.5, 0.6) is 0 Å². The van der Waals surface area contributed by atoms with Crippen molar-refractivity contribution in [3.8, 4) is 0 Å². The van der Waals surface area contributed by atoms with E-state index in [4.69, 9.17) is 17.3 Å². The van der Waals surface area contributed by atoms with Crippen LogP contribution in [-0.2, 0) is 13.0 Å². The number of anilines is 2. The summed E-state index contributed by atoms with van der Waals surface area (Å²) in [5.41, 5.74) is 7.52. The molecule has 0 aliphatic carbocycles. The predicted octanol–water partition coefficient (Wildman–Crippen LogP) is 3.52. The molecule has 0 saturated carbocycles. The molecule has 132 valence electrons. The zero-order valence-electron chi connectivity index (χ0n) is 13.8. The standard InChI is InChI=1S/C17H19ClN4O2S/c1-2-22-7-6-12-13(9-22)25-16(14(12)15(19)23)21-17(24)20-11-5-3-4-10(18)8-11/h3-5,8H,2,6-7,9H2,1H3,(H2,19,23)(H2,20,21,24). The minimum absolute atomic E-state index is 0.428. The molecule has 0 atom stereocenters. The zero-order valence-corrected chi connectivity index (χ0v) is 15.3. The van der Waals surface area contributed by atoms with Crippen molar-refractivity contribution in [3.63, 3.8) is 0 Å². The highest BCUT2D eigenvalue weighted by molar-refractivity contribution is 7.17. The molecule has 3 amide bonds. The summed E-state index contributed by atoms with van der Waals surface area (Å²) in [5, 5.41) is 6.49. The van der Waals surface area contributed by atoms with Crippen molar-refractivity contribution in [1.29, 1.82) is 0 Å². The highest BCUT2D eigenvalue weighted by Crippen LogP contribution is 2.37. The summed E-state index contributed by atoms with van der Waals surface area (Å²) in [6, 6.07) is 6.42. The lowest BCUT2D eigenvalue weighted by Gasteiger charge is -2.25. The molecule has 3 rings (SSSR count). The second-order valence-corrected chi connectivity index (χ2v) is 7.32. The summed E-state index contributed by atoms with van der Waals surface area (Å²) in [6.45, 7) is 4.70. The predicted molar refractivity (Wildman–Crippen MR) is 102 cm³/mol. The van der Waals surface area contributed by atoms with E-state index in [-0.39, 0.29) is 0 Å². The average molecular weight is 379 g/mol. The molecular weight excluding hydrogens is 360 g/mol. The summed E-state index contributed by atoms with van der Waals surface area (Å²) >= 11 is 7.33. The van der Waals surface area contributed by atoms with Gasteiger partial charge in [0.25, 0.3) is 5.91 Å². The number of nitrogens with two attached hydrogens (primary N) is 1. The Morgan fingerprint density at radius 1 is 1.36 bits per heavy atom. The number of amides is 3. The van der Waals surface area contributed by atoms with E-state index in [2.05, 4.69) is 22.5 Å². The molecule has 25 heavy (non-hydrogen) atoms. The van der Waals surface area contributed by atoms with Crippen molar-refractivity contribution in [2.75, 3.05) is 23.7 Å². The van der Waals surface area contributed by atoms with Crippen LogP contribution in [0, 0.1) is 0 Å². The number of hydrogen-bond acceptors (Lipinski definition) is 4. The monoisotopic (exact) mass is 378 g/mol. The molecule has 1 aromatic carbocycles. The smallest absolute Gasteiger partial charge is 0.324 e. The largest absolute Gasteiger partial charge is 0.365 e. The van der Waals surface area contributed by atoms with Gasteiger partial charge in [0.1, 0.15) is 5.00 Å². The highest BCUT2D eigenvalue weighted by atomic mass is 35.5. The minimum atomic E-state index is -0.513. The van der Waals surface area contributed by atoms with E-state index in [1.54, 1.807) is 24.3 Å². The minimum Gasteiger partial charge on any atom is -0.365 e. The Labute approximate surface area is 155 Å². The lowest BCUT2D eigenvalue weighted by atomic mass is 10.0. The molecule has 1 aliphatic heterocycles. The molecule has 1 aromatic heterocycles. The van der Waals surface area contributed by atoms with E-state index >= 15 is 0 Å². The summed E-state index contributed by atoms with van der Waals surface area (Å²) in [7, 11) is 0. The van der Waals surface area contributed by atoms with Crippen LogP contribution in [0.25, 0.3) is 0 Å². The topological polar surface area (TPSA) is 87.5 Å². The van der Waals surface area contributed by atoms with Gasteiger partial charge < -0.3 is 11.1 Å². The first-order valence-electron chi connectivity index (χ1n) is 7.98. The Kier molecular flexibility index (Phi) is 5.27. The van der Waals surface area contributed by atoms with Gasteiger partial charge in [-0.2, -0.15) is 0 Å². The lowest BCUT2D eigenvalue weighted by molar-refractivity contribution is 0.1000. The molecule has 8 heteroatoms. The number of benzene rings is 1. The van der Waals surface area contributed by atoms with Gasteiger partial charge in [-0.3, -0.25) is 15.0 Å². The average Bonchev–Trinajstić information content (AvgIpc) is 2.91. The number of likely N-dealkylation sites (N-methyl/N-ethyl adjacent to an activating group) is 1. The van der Waals surface area contributed by atoms with Gasteiger partial charge in [-0.25, -0.2) is 4.79 Å². The van der Waals surface area contributed by atoms with E-state index in [1.807, 2.05) is 0 Å². The van der Waals surface area contributed by atoms with Crippen molar-refractivity contribution in [2.24, 2.45) is 5.73 Å². The molecule has 0 fully saturated rings. The van der Waals surface area contributed by atoms with Crippen LogP contribution < -0.4 is 16.4 Å². The quantitative estimate of drug-likeness (QED) is 0.760. The third-order valence-corrected chi connectivity index (χ3v) is 5.51. The lowest BCUT2D eigenvalue weighted by Crippen LogP contribution is -2.30. The Bertz CT molecular complexity index is 821. The zero-order chi connectivity index (χ0) is 18.0. The highest BCUT2D eigenvalue weighted by Gasteiger charge is 2.27. The molecule has 0 radical (unpaired) electrons. The molecule has 0 unspecified atom stereocenters. The first kappa shape index (κ1) is 17.7. The second-order valence-electron chi connectivity index (χ2n) is 5.78. The molecule has 0 spiro atoms. The molecule has 0 bridgehead atoms. The van der Waals surface area contributed by atoms with Crippen LogP contribution in [0.15, 0.2) is 24.3 Å². The van der Waals surface area contributed by atoms with Crippen LogP contribution in [0.2, 0.25) is 5.02 Å². The van der Waals surface area contributed by atoms with Gasteiger partial charge in [-0.1, -0.05) is 24.6 Å². The van der Waals surface area contributed by atoms with E-state index < -0.39 is 11.9 Å². The van der Waals surface area contributed by atoms with Gasteiger partial charge >= 0.3 is 6.03 Å². The van der Waals surface area contributed by atoms with Crippen molar-refractivity contribution in [1.82, 2.24) is 4.90 Å². The molecule has 2 heterocycles. The van der Waals surface area contributed by atoms with Crippen molar-refractivity contribution in [3.05, 3.63) is 45.3 Å². The Morgan fingerprint density at radius 2 is 2.16 bits per heavy atom. The SMILES string of the molecule is CCN1CCc2c(sc(NC(=O)Nc3cccc(Cl)c3)c2C(N)=O)C1. The van der Waals surface area contributed by atoms with Gasteiger partial charge in [-0.05, 0) is 36.7 Å². The van der Waals surface area contributed by atoms with Crippen LogP contribution in [0.3, 0.4) is 0 Å². The number of nitrogens with zero attached hydrogens (tertiary/aromatic N) is 1. The van der Waals surface area contributed by atoms with Gasteiger partial charge in [0, 0.05) is 28.7 Å². The molecule has 2 aromatic rings. The van der Waals surface area contributed by atoms with E-state index in [9.17, 15) is 9.59 Å². The first-order chi connectivity index (χ1) is 12.0. The maximum Gasteiger partial charge on any atom is 0.324 e. The maximum absolute atomic E-state index is 12.3. The number of primary amides is 1. The number of carbonyl (C=O) groups is 2. The van der Waals surface area contributed by atoms with Crippen molar-refractivity contribution < 1.29 is 9.59 Å². The van der Waals surface area contributed by atoms with Crippen molar-refractivity contribution in [2.45, 2.75) is 19.9 Å².